The highest BCUT2D eigenvalue weighted by Crippen LogP contribution is 2.27. The van der Waals surface area contributed by atoms with Crippen molar-refractivity contribution in [1.29, 1.82) is 0 Å². The summed E-state index contributed by atoms with van der Waals surface area (Å²) in [5.74, 6) is -1.85. The number of aryl methyl sites for hydroxylation is 1. The van der Waals surface area contributed by atoms with E-state index in [0.29, 0.717) is 5.06 Å². The number of carbonyl (C=O) groups excluding carboxylic acids is 3. The highest BCUT2D eigenvalue weighted by Gasteiger charge is 2.38. The summed E-state index contributed by atoms with van der Waals surface area (Å²) >= 11 is 0. The van der Waals surface area contributed by atoms with Crippen LogP contribution in [0.2, 0.25) is 0 Å². The van der Waals surface area contributed by atoms with E-state index in [-0.39, 0.29) is 17.5 Å². The van der Waals surface area contributed by atoms with Crippen LogP contribution in [0.25, 0.3) is 0 Å². The number of carbonyl (C=O) groups is 3. The van der Waals surface area contributed by atoms with Crippen molar-refractivity contribution in [1.82, 2.24) is 5.06 Å². The molecular formula is C20H18N2O4. The molecule has 0 saturated heterocycles. The Balaban J connectivity index is 1.47. The van der Waals surface area contributed by atoms with Gasteiger partial charge in [-0.25, -0.2) is 4.79 Å². The molecule has 0 spiro atoms. The molecule has 2 aliphatic rings. The first-order valence-corrected chi connectivity index (χ1v) is 8.56. The zero-order chi connectivity index (χ0) is 18.3. The number of nitrogens with zero attached hydrogens (tertiary/aromatic N) is 2. The van der Waals surface area contributed by atoms with Gasteiger partial charge in [0.2, 0.25) is 0 Å². The minimum atomic E-state index is -0.636. The Bertz CT molecular complexity index is 887. The molecule has 132 valence electrons. The van der Waals surface area contributed by atoms with Crippen molar-refractivity contribution < 1.29 is 19.2 Å². The van der Waals surface area contributed by atoms with Gasteiger partial charge >= 0.3 is 5.97 Å². The smallest absolute Gasteiger partial charge is 0.337 e. The lowest BCUT2D eigenvalue weighted by molar-refractivity contribution is -0.167. The van der Waals surface area contributed by atoms with Crippen molar-refractivity contribution >= 4 is 23.5 Å². The van der Waals surface area contributed by atoms with Gasteiger partial charge in [0.25, 0.3) is 11.8 Å². The van der Waals surface area contributed by atoms with Crippen LogP contribution in [0.3, 0.4) is 0 Å². The molecule has 0 N–H and O–H groups in total. The number of amides is 2. The van der Waals surface area contributed by atoms with E-state index < -0.39 is 17.8 Å². The number of hydrogen-bond acceptors (Lipinski definition) is 5. The van der Waals surface area contributed by atoms with E-state index in [2.05, 4.69) is 4.90 Å². The molecule has 2 amide bonds. The third-order valence-corrected chi connectivity index (χ3v) is 4.79. The third-order valence-electron chi connectivity index (χ3n) is 4.79. The summed E-state index contributed by atoms with van der Waals surface area (Å²) in [7, 11) is 2.05. The van der Waals surface area contributed by atoms with Crippen LogP contribution in [0, 0.1) is 0 Å². The summed E-state index contributed by atoms with van der Waals surface area (Å²) in [5.41, 5.74) is 3.68. The van der Waals surface area contributed by atoms with Crippen molar-refractivity contribution in [2.24, 2.45) is 0 Å². The van der Waals surface area contributed by atoms with Crippen LogP contribution >= 0.6 is 0 Å². The number of benzene rings is 2. The summed E-state index contributed by atoms with van der Waals surface area (Å²) in [6, 6.07) is 12.3. The zero-order valence-corrected chi connectivity index (χ0v) is 14.4. The van der Waals surface area contributed by atoms with Gasteiger partial charge in [0.1, 0.15) is 0 Å². The summed E-state index contributed by atoms with van der Waals surface area (Å²) in [4.78, 5) is 44.0. The Hall–Kier alpha value is -3.15. The Morgan fingerprint density at radius 2 is 1.77 bits per heavy atom. The fraction of sp³-hybridized carbons (Fsp3) is 0.250. The van der Waals surface area contributed by atoms with Gasteiger partial charge in [-0.05, 0) is 42.2 Å². The van der Waals surface area contributed by atoms with Gasteiger partial charge in [-0.1, -0.05) is 29.3 Å². The van der Waals surface area contributed by atoms with Crippen molar-refractivity contribution in [3.63, 3.8) is 0 Å². The molecule has 4 rings (SSSR count). The van der Waals surface area contributed by atoms with Crippen molar-refractivity contribution in [3.8, 4) is 0 Å². The molecule has 0 aromatic heterocycles. The summed E-state index contributed by atoms with van der Waals surface area (Å²) in [5, 5.41) is 0.555. The third kappa shape index (κ3) is 2.73. The molecule has 26 heavy (non-hydrogen) atoms. The molecule has 2 aromatic carbocycles. The quantitative estimate of drug-likeness (QED) is 0.795. The molecule has 0 saturated carbocycles. The maximum Gasteiger partial charge on any atom is 0.337 e. The summed E-state index contributed by atoms with van der Waals surface area (Å²) < 4.78 is 0. The highest BCUT2D eigenvalue weighted by atomic mass is 16.7. The van der Waals surface area contributed by atoms with Crippen molar-refractivity contribution in [2.75, 3.05) is 18.5 Å². The maximum absolute atomic E-state index is 12.3. The second-order valence-electron chi connectivity index (χ2n) is 6.58. The molecule has 0 bridgehead atoms. The molecule has 6 nitrogen and oxygen atoms in total. The molecule has 2 aliphatic heterocycles. The highest BCUT2D eigenvalue weighted by molar-refractivity contribution is 6.20. The van der Waals surface area contributed by atoms with Crippen LogP contribution in [0.15, 0.2) is 42.5 Å². The predicted octanol–water partition coefficient (Wildman–Crippen LogP) is 2.37. The second-order valence-corrected chi connectivity index (χ2v) is 6.58. The zero-order valence-electron chi connectivity index (χ0n) is 14.4. The van der Waals surface area contributed by atoms with Crippen molar-refractivity contribution in [3.05, 3.63) is 64.7 Å². The number of hydroxylamine groups is 2. The van der Waals surface area contributed by atoms with Gasteiger partial charge < -0.3 is 9.74 Å². The first kappa shape index (κ1) is 16.3. The number of fused-ring (bicyclic) bond motifs is 2. The van der Waals surface area contributed by atoms with Crippen LogP contribution in [0.1, 0.15) is 38.3 Å². The van der Waals surface area contributed by atoms with Crippen molar-refractivity contribution in [2.45, 2.75) is 19.3 Å². The first-order valence-electron chi connectivity index (χ1n) is 8.56. The first-order chi connectivity index (χ1) is 12.5. The molecule has 6 heteroatoms. The number of hydrogen-bond donors (Lipinski definition) is 0. The average Bonchev–Trinajstić information content (AvgIpc) is 2.87. The monoisotopic (exact) mass is 350 g/mol. The van der Waals surface area contributed by atoms with E-state index in [4.69, 9.17) is 4.84 Å². The summed E-state index contributed by atoms with van der Waals surface area (Å²) in [6.07, 6.45) is 2.05. The van der Waals surface area contributed by atoms with E-state index >= 15 is 0 Å². The minimum Gasteiger partial charge on any atom is -0.374 e. The Kier molecular flexibility index (Phi) is 3.95. The van der Waals surface area contributed by atoms with E-state index in [9.17, 15) is 14.4 Å². The molecule has 2 heterocycles. The Morgan fingerprint density at radius 3 is 2.46 bits per heavy atom. The van der Waals surface area contributed by atoms with Crippen LogP contribution in [-0.2, 0) is 22.5 Å². The lowest BCUT2D eigenvalue weighted by Gasteiger charge is -2.27. The largest absolute Gasteiger partial charge is 0.374 e. The van der Waals surface area contributed by atoms with E-state index in [1.165, 1.54) is 11.3 Å². The Morgan fingerprint density at radius 1 is 1.08 bits per heavy atom. The van der Waals surface area contributed by atoms with Gasteiger partial charge in [-0.2, -0.15) is 0 Å². The van der Waals surface area contributed by atoms with Crippen LogP contribution in [0.5, 0.6) is 0 Å². The lowest BCUT2D eigenvalue weighted by Crippen LogP contribution is -2.33. The SMILES string of the molecule is CN1CCCc2cc(CC(=O)ON3C(=O)c4ccccc4C3=O)ccc21. The lowest BCUT2D eigenvalue weighted by atomic mass is 9.98. The number of anilines is 1. The summed E-state index contributed by atoms with van der Waals surface area (Å²) in [6.45, 7) is 1.02. The van der Waals surface area contributed by atoms with Gasteiger partial charge in [-0.15, -0.1) is 0 Å². The van der Waals surface area contributed by atoms with E-state index in [1.54, 1.807) is 24.3 Å². The molecule has 2 aromatic rings. The fourth-order valence-corrected chi connectivity index (χ4v) is 3.50. The predicted molar refractivity (Wildman–Crippen MR) is 94.8 cm³/mol. The van der Waals surface area contributed by atoms with Crippen LogP contribution in [0.4, 0.5) is 5.69 Å². The average molecular weight is 350 g/mol. The molecule has 0 radical (unpaired) electrons. The number of imide groups is 1. The minimum absolute atomic E-state index is 0.00436. The molecule has 0 unspecified atom stereocenters. The fourth-order valence-electron chi connectivity index (χ4n) is 3.50. The van der Waals surface area contributed by atoms with Gasteiger partial charge in [0.05, 0.1) is 17.5 Å². The van der Waals surface area contributed by atoms with E-state index in [1.807, 2.05) is 25.2 Å². The molecule has 0 fully saturated rings. The molecule has 0 atom stereocenters. The molecule has 0 aliphatic carbocycles. The van der Waals surface area contributed by atoms with Crippen LogP contribution < -0.4 is 4.90 Å². The normalized spacial score (nSPS) is 15.7. The maximum atomic E-state index is 12.3. The number of rotatable bonds is 3. The van der Waals surface area contributed by atoms with Gasteiger partial charge in [-0.3, -0.25) is 9.59 Å². The molecular weight excluding hydrogens is 332 g/mol. The van der Waals surface area contributed by atoms with Gasteiger partial charge in [0, 0.05) is 19.3 Å². The standard InChI is InChI=1S/C20H18N2O4/c1-21-10-4-5-14-11-13(8-9-17(14)21)12-18(23)26-22-19(24)15-6-2-3-7-16(15)20(22)25/h2-3,6-9,11H,4-5,10,12H2,1H3. The topological polar surface area (TPSA) is 66.9 Å². The Labute approximate surface area is 150 Å². The van der Waals surface area contributed by atoms with E-state index in [0.717, 1.165) is 24.9 Å². The van der Waals surface area contributed by atoms with Crippen LogP contribution in [-0.4, -0.2) is 36.4 Å². The second kappa shape index (κ2) is 6.29. The van der Waals surface area contributed by atoms with Gasteiger partial charge in [0.15, 0.2) is 0 Å².